The van der Waals surface area contributed by atoms with Crippen LogP contribution in [-0.2, 0) is 13.1 Å². The van der Waals surface area contributed by atoms with Gasteiger partial charge in [-0.05, 0) is 38.1 Å². The third-order valence-corrected chi connectivity index (χ3v) is 3.42. The fourth-order valence-electron chi connectivity index (χ4n) is 2.05. The lowest BCUT2D eigenvalue weighted by Crippen LogP contribution is -2.12. The average molecular weight is 273 g/mol. The van der Waals surface area contributed by atoms with Crippen LogP contribution in [0.4, 0.5) is 0 Å². The Labute approximate surface area is 120 Å². The smallest absolute Gasteiger partial charge is 0.119 e. The van der Waals surface area contributed by atoms with Crippen molar-refractivity contribution in [3.05, 3.63) is 47.5 Å². The zero-order valence-corrected chi connectivity index (χ0v) is 12.5. The van der Waals surface area contributed by atoms with Crippen molar-refractivity contribution in [3.8, 4) is 5.75 Å². The van der Waals surface area contributed by atoms with E-state index in [0.717, 1.165) is 31.1 Å². The van der Waals surface area contributed by atoms with Gasteiger partial charge in [-0.25, -0.2) is 4.98 Å². The highest BCUT2D eigenvalue weighted by Crippen LogP contribution is 2.13. The fourth-order valence-corrected chi connectivity index (χ4v) is 2.05. The van der Waals surface area contributed by atoms with Crippen LogP contribution in [0.3, 0.4) is 0 Å². The highest BCUT2D eigenvalue weighted by Gasteiger charge is 2.02. The zero-order chi connectivity index (χ0) is 14.4. The van der Waals surface area contributed by atoms with Crippen molar-refractivity contribution in [1.82, 2.24) is 14.9 Å². The van der Waals surface area contributed by atoms with E-state index in [-0.39, 0.29) is 0 Å². The molecule has 0 saturated heterocycles. The van der Waals surface area contributed by atoms with Gasteiger partial charge in [0.05, 0.1) is 18.6 Å². The molecule has 0 fully saturated rings. The molecule has 0 radical (unpaired) electrons. The Kier molecular flexibility index (Phi) is 5.18. The molecular weight excluding hydrogens is 250 g/mol. The molecule has 0 aliphatic rings. The minimum Gasteiger partial charge on any atom is -0.492 e. The van der Waals surface area contributed by atoms with Crippen LogP contribution in [0.15, 0.2) is 30.6 Å². The van der Waals surface area contributed by atoms with Gasteiger partial charge in [0, 0.05) is 12.2 Å². The van der Waals surface area contributed by atoms with Crippen LogP contribution in [0.1, 0.15) is 23.9 Å². The lowest BCUT2D eigenvalue weighted by atomic mass is 10.2. The normalized spacial score (nSPS) is 10.8. The molecule has 0 bridgehead atoms. The molecule has 0 aliphatic heterocycles. The predicted octanol–water partition coefficient (Wildman–Crippen LogP) is 2.69. The van der Waals surface area contributed by atoms with E-state index in [4.69, 9.17) is 4.74 Å². The van der Waals surface area contributed by atoms with E-state index in [2.05, 4.69) is 40.8 Å². The van der Waals surface area contributed by atoms with Gasteiger partial charge in [0.25, 0.3) is 0 Å². The van der Waals surface area contributed by atoms with Crippen molar-refractivity contribution < 1.29 is 4.74 Å². The van der Waals surface area contributed by atoms with Gasteiger partial charge in [0.15, 0.2) is 0 Å². The minimum atomic E-state index is 0.654. The third-order valence-electron chi connectivity index (χ3n) is 3.42. The van der Waals surface area contributed by atoms with Gasteiger partial charge in [-0.2, -0.15) is 0 Å². The Morgan fingerprint density at radius 2 is 2.15 bits per heavy atom. The molecule has 0 saturated carbocycles. The minimum absolute atomic E-state index is 0.654. The standard InChI is InChI=1S/C16H23N3O/c1-4-17-11-15-6-5-7-16(10-15)20-9-8-19-12-18-13(2)14(19)3/h5-7,10,12,17H,4,8-9,11H2,1-3H3. The summed E-state index contributed by atoms with van der Waals surface area (Å²) in [7, 11) is 0. The quantitative estimate of drug-likeness (QED) is 0.843. The van der Waals surface area contributed by atoms with Gasteiger partial charge < -0.3 is 14.6 Å². The first-order valence-electron chi connectivity index (χ1n) is 7.11. The molecular formula is C16H23N3O. The van der Waals surface area contributed by atoms with Gasteiger partial charge >= 0.3 is 0 Å². The number of ether oxygens (including phenoxy) is 1. The number of hydrogen-bond donors (Lipinski definition) is 1. The van der Waals surface area contributed by atoms with Crippen molar-refractivity contribution in [2.24, 2.45) is 0 Å². The maximum Gasteiger partial charge on any atom is 0.119 e. The molecule has 0 aliphatic carbocycles. The number of benzene rings is 1. The van der Waals surface area contributed by atoms with E-state index >= 15 is 0 Å². The van der Waals surface area contributed by atoms with Gasteiger partial charge in [0.1, 0.15) is 12.4 Å². The number of aryl methyl sites for hydroxylation is 1. The SMILES string of the molecule is CCNCc1cccc(OCCn2cnc(C)c2C)c1. The number of rotatable bonds is 7. The number of hydrogen-bond acceptors (Lipinski definition) is 3. The molecule has 0 amide bonds. The molecule has 20 heavy (non-hydrogen) atoms. The number of aromatic nitrogens is 2. The molecule has 1 N–H and O–H groups in total. The first kappa shape index (κ1) is 14.6. The van der Waals surface area contributed by atoms with Crippen LogP contribution in [0, 0.1) is 13.8 Å². The Bertz CT molecular complexity index is 548. The highest BCUT2D eigenvalue weighted by molar-refractivity contribution is 5.28. The summed E-state index contributed by atoms with van der Waals surface area (Å²) in [6.45, 7) is 9.55. The summed E-state index contributed by atoms with van der Waals surface area (Å²) >= 11 is 0. The predicted molar refractivity (Wildman–Crippen MR) is 81.0 cm³/mol. The van der Waals surface area contributed by atoms with Crippen LogP contribution in [0.25, 0.3) is 0 Å². The molecule has 108 valence electrons. The van der Waals surface area contributed by atoms with E-state index < -0.39 is 0 Å². The van der Waals surface area contributed by atoms with Gasteiger partial charge in [-0.15, -0.1) is 0 Å². The molecule has 2 rings (SSSR count). The Hall–Kier alpha value is -1.81. The van der Waals surface area contributed by atoms with E-state index in [1.807, 2.05) is 25.4 Å². The molecule has 1 aromatic carbocycles. The van der Waals surface area contributed by atoms with Gasteiger partial charge in [-0.3, -0.25) is 0 Å². The van der Waals surface area contributed by atoms with E-state index in [9.17, 15) is 0 Å². The number of imidazole rings is 1. The van der Waals surface area contributed by atoms with Crippen LogP contribution in [0.5, 0.6) is 5.75 Å². The van der Waals surface area contributed by atoms with Crippen molar-refractivity contribution in [2.75, 3.05) is 13.2 Å². The Morgan fingerprint density at radius 3 is 2.85 bits per heavy atom. The summed E-state index contributed by atoms with van der Waals surface area (Å²) in [5, 5.41) is 3.32. The summed E-state index contributed by atoms with van der Waals surface area (Å²) in [5.74, 6) is 0.926. The molecule has 4 nitrogen and oxygen atoms in total. The van der Waals surface area contributed by atoms with Crippen molar-refractivity contribution in [1.29, 1.82) is 0 Å². The first-order valence-corrected chi connectivity index (χ1v) is 7.11. The van der Waals surface area contributed by atoms with Crippen molar-refractivity contribution >= 4 is 0 Å². The van der Waals surface area contributed by atoms with Crippen molar-refractivity contribution in [2.45, 2.75) is 33.9 Å². The second-order valence-electron chi connectivity index (χ2n) is 4.88. The van der Waals surface area contributed by atoms with Crippen LogP contribution < -0.4 is 10.1 Å². The highest BCUT2D eigenvalue weighted by atomic mass is 16.5. The molecule has 0 unspecified atom stereocenters. The number of nitrogens with zero attached hydrogens (tertiary/aromatic N) is 2. The van der Waals surface area contributed by atoms with Crippen LogP contribution in [-0.4, -0.2) is 22.7 Å². The average Bonchev–Trinajstić information content (AvgIpc) is 2.78. The summed E-state index contributed by atoms with van der Waals surface area (Å²) in [4.78, 5) is 4.29. The summed E-state index contributed by atoms with van der Waals surface area (Å²) in [6, 6.07) is 8.24. The topological polar surface area (TPSA) is 39.1 Å². The van der Waals surface area contributed by atoms with Crippen LogP contribution in [0.2, 0.25) is 0 Å². The largest absolute Gasteiger partial charge is 0.492 e. The van der Waals surface area contributed by atoms with Crippen molar-refractivity contribution in [3.63, 3.8) is 0 Å². The lowest BCUT2D eigenvalue weighted by molar-refractivity contribution is 0.297. The van der Waals surface area contributed by atoms with E-state index in [1.54, 1.807) is 0 Å². The fraction of sp³-hybridized carbons (Fsp3) is 0.438. The van der Waals surface area contributed by atoms with Gasteiger partial charge in [0.2, 0.25) is 0 Å². The van der Waals surface area contributed by atoms with Crippen LogP contribution >= 0.6 is 0 Å². The Morgan fingerprint density at radius 1 is 1.30 bits per heavy atom. The molecule has 4 heteroatoms. The Balaban J connectivity index is 1.86. The maximum absolute atomic E-state index is 5.82. The van der Waals surface area contributed by atoms with Gasteiger partial charge in [-0.1, -0.05) is 19.1 Å². The van der Waals surface area contributed by atoms with E-state index in [1.165, 1.54) is 11.3 Å². The molecule has 0 spiro atoms. The lowest BCUT2D eigenvalue weighted by Gasteiger charge is -2.10. The first-order chi connectivity index (χ1) is 9.70. The second kappa shape index (κ2) is 7.10. The summed E-state index contributed by atoms with van der Waals surface area (Å²) in [5.41, 5.74) is 3.53. The van der Waals surface area contributed by atoms with E-state index in [0.29, 0.717) is 6.61 Å². The maximum atomic E-state index is 5.82. The second-order valence-corrected chi connectivity index (χ2v) is 4.88. The number of nitrogens with one attached hydrogen (secondary N) is 1. The molecule has 2 aromatic rings. The third kappa shape index (κ3) is 3.84. The monoisotopic (exact) mass is 273 g/mol. The zero-order valence-electron chi connectivity index (χ0n) is 12.5. The summed E-state index contributed by atoms with van der Waals surface area (Å²) < 4.78 is 7.94. The molecule has 1 heterocycles. The molecule has 1 aromatic heterocycles. The molecule has 0 atom stereocenters. The summed E-state index contributed by atoms with van der Waals surface area (Å²) in [6.07, 6.45) is 1.87.